The van der Waals surface area contributed by atoms with Crippen LogP contribution in [-0.2, 0) is 11.2 Å². The van der Waals surface area contributed by atoms with E-state index in [4.69, 9.17) is 4.42 Å². The third kappa shape index (κ3) is 3.23. The lowest BCUT2D eigenvalue weighted by molar-refractivity contribution is -0.142. The molecule has 2 aliphatic rings. The number of likely N-dealkylation sites (tertiary alicyclic amines) is 1. The van der Waals surface area contributed by atoms with Gasteiger partial charge in [0.1, 0.15) is 11.3 Å². The maximum absolute atomic E-state index is 12.9. The van der Waals surface area contributed by atoms with Gasteiger partial charge in [0.2, 0.25) is 5.91 Å². The predicted molar refractivity (Wildman–Crippen MR) is 101 cm³/mol. The number of fused-ring (bicyclic) bond motifs is 2. The molecule has 2 atom stereocenters. The number of phenolic OH excluding ortho intramolecular Hbond substituents is 1. The Morgan fingerprint density at radius 2 is 2.15 bits per heavy atom. The highest BCUT2D eigenvalue weighted by Gasteiger charge is 2.43. The van der Waals surface area contributed by atoms with Gasteiger partial charge in [0.15, 0.2) is 0 Å². The Kier molecular flexibility index (Phi) is 4.46. The van der Waals surface area contributed by atoms with Crippen LogP contribution in [0.3, 0.4) is 0 Å². The van der Waals surface area contributed by atoms with Crippen LogP contribution in [0.2, 0.25) is 0 Å². The van der Waals surface area contributed by atoms with Gasteiger partial charge < -0.3 is 19.5 Å². The number of aromatic hydroxyl groups is 1. The molecule has 4 rings (SSSR count). The Morgan fingerprint density at radius 1 is 1.33 bits per heavy atom. The molecule has 2 N–H and O–H groups in total. The Balaban J connectivity index is 1.58. The number of hydrogen-bond donors (Lipinski definition) is 2. The Morgan fingerprint density at radius 3 is 2.96 bits per heavy atom. The maximum atomic E-state index is 12.9. The van der Waals surface area contributed by atoms with E-state index < -0.39 is 11.2 Å². The quantitative estimate of drug-likeness (QED) is 0.792. The second-order valence-corrected chi connectivity index (χ2v) is 7.99. The SMILES string of the molecule is Cc1c(O)ccc2c(CC(=O)N3CC[C@]4(O)CCCC[C@@H]4C3)cc(=O)oc12. The first-order chi connectivity index (χ1) is 12.9. The van der Waals surface area contributed by atoms with Crippen LogP contribution in [0.1, 0.15) is 43.2 Å². The molecule has 1 aliphatic heterocycles. The van der Waals surface area contributed by atoms with Crippen molar-refractivity contribution in [3.63, 3.8) is 0 Å². The summed E-state index contributed by atoms with van der Waals surface area (Å²) in [4.78, 5) is 26.7. The molecule has 6 nitrogen and oxygen atoms in total. The van der Waals surface area contributed by atoms with Crippen LogP contribution in [-0.4, -0.2) is 39.7 Å². The van der Waals surface area contributed by atoms with Crippen molar-refractivity contribution in [2.45, 2.75) is 51.0 Å². The first-order valence-electron chi connectivity index (χ1n) is 9.63. The molecule has 1 saturated carbocycles. The van der Waals surface area contributed by atoms with E-state index in [1.165, 1.54) is 6.07 Å². The molecule has 0 radical (unpaired) electrons. The zero-order valence-electron chi connectivity index (χ0n) is 15.5. The van der Waals surface area contributed by atoms with Gasteiger partial charge in [-0.25, -0.2) is 4.79 Å². The second-order valence-electron chi connectivity index (χ2n) is 7.99. The van der Waals surface area contributed by atoms with Crippen LogP contribution >= 0.6 is 0 Å². The minimum atomic E-state index is -0.621. The average molecular weight is 371 g/mol. The first kappa shape index (κ1) is 18.0. The third-order valence-corrected chi connectivity index (χ3v) is 6.34. The molecule has 0 spiro atoms. The molecule has 1 saturated heterocycles. The van der Waals surface area contributed by atoms with Crippen molar-refractivity contribution < 1.29 is 19.4 Å². The van der Waals surface area contributed by atoms with Crippen molar-refractivity contribution >= 4 is 16.9 Å². The topological polar surface area (TPSA) is 91.0 Å². The summed E-state index contributed by atoms with van der Waals surface area (Å²) in [6, 6.07) is 4.59. The number of phenols is 1. The highest BCUT2D eigenvalue weighted by molar-refractivity contribution is 5.89. The third-order valence-electron chi connectivity index (χ3n) is 6.34. The number of amides is 1. The summed E-state index contributed by atoms with van der Waals surface area (Å²) in [5, 5.41) is 21.3. The maximum Gasteiger partial charge on any atom is 0.336 e. The normalized spacial score (nSPS) is 25.4. The van der Waals surface area contributed by atoms with Crippen LogP contribution in [0.5, 0.6) is 5.75 Å². The van der Waals surface area contributed by atoms with Crippen molar-refractivity contribution in [1.29, 1.82) is 0 Å². The van der Waals surface area contributed by atoms with Crippen LogP contribution in [0.4, 0.5) is 0 Å². The van der Waals surface area contributed by atoms with Gasteiger partial charge in [0.25, 0.3) is 0 Å². The minimum Gasteiger partial charge on any atom is -0.508 e. The lowest BCUT2D eigenvalue weighted by atomic mass is 9.71. The van der Waals surface area contributed by atoms with E-state index in [0.29, 0.717) is 41.6 Å². The van der Waals surface area contributed by atoms with Crippen LogP contribution in [0, 0.1) is 12.8 Å². The van der Waals surface area contributed by atoms with Crippen LogP contribution in [0.25, 0.3) is 11.0 Å². The largest absolute Gasteiger partial charge is 0.508 e. The van der Waals surface area contributed by atoms with Crippen molar-refractivity contribution in [3.05, 3.63) is 39.7 Å². The lowest BCUT2D eigenvalue weighted by Crippen LogP contribution is -2.54. The van der Waals surface area contributed by atoms with Gasteiger partial charge in [0.05, 0.1) is 12.0 Å². The molecule has 1 amide bonds. The number of carbonyl (C=O) groups excluding carboxylic acids is 1. The average Bonchev–Trinajstić information content (AvgIpc) is 2.64. The number of carbonyl (C=O) groups is 1. The number of rotatable bonds is 2. The molecule has 1 aromatic heterocycles. The van der Waals surface area contributed by atoms with E-state index in [-0.39, 0.29) is 24.0 Å². The molecule has 144 valence electrons. The summed E-state index contributed by atoms with van der Waals surface area (Å²) >= 11 is 0. The molecule has 1 aliphatic carbocycles. The molecule has 27 heavy (non-hydrogen) atoms. The molecular weight excluding hydrogens is 346 g/mol. The summed E-state index contributed by atoms with van der Waals surface area (Å²) in [5.74, 6) is 0.155. The minimum absolute atomic E-state index is 0.0414. The van der Waals surface area contributed by atoms with E-state index in [1.807, 2.05) is 4.90 Å². The van der Waals surface area contributed by atoms with E-state index in [1.54, 1.807) is 19.1 Å². The summed E-state index contributed by atoms with van der Waals surface area (Å²) in [6.07, 6.45) is 4.66. The molecular formula is C21H25NO5. The second kappa shape index (κ2) is 6.68. The van der Waals surface area contributed by atoms with Gasteiger partial charge in [-0.1, -0.05) is 12.8 Å². The molecule has 2 aromatic rings. The van der Waals surface area contributed by atoms with Crippen molar-refractivity contribution in [3.8, 4) is 5.75 Å². The molecule has 2 heterocycles. The zero-order chi connectivity index (χ0) is 19.2. The molecule has 6 heteroatoms. The van der Waals surface area contributed by atoms with Gasteiger partial charge in [0, 0.05) is 36.0 Å². The van der Waals surface area contributed by atoms with Crippen LogP contribution in [0.15, 0.2) is 27.4 Å². The van der Waals surface area contributed by atoms with Gasteiger partial charge in [-0.2, -0.15) is 0 Å². The monoisotopic (exact) mass is 371 g/mol. The van der Waals surface area contributed by atoms with Gasteiger partial charge in [-0.3, -0.25) is 4.79 Å². The highest BCUT2D eigenvalue weighted by Crippen LogP contribution is 2.40. The first-order valence-corrected chi connectivity index (χ1v) is 9.63. The summed E-state index contributed by atoms with van der Waals surface area (Å²) < 4.78 is 5.25. The van der Waals surface area contributed by atoms with E-state index in [0.717, 1.165) is 25.7 Å². The Bertz CT molecular complexity index is 949. The number of nitrogens with zero attached hydrogens (tertiary/aromatic N) is 1. The number of piperidine rings is 1. The standard InChI is InChI=1S/C21H25NO5/c1-13-17(23)6-5-16-14(11-19(25)27-20(13)16)10-18(24)22-9-8-21(26)7-3-2-4-15(21)12-22/h5-6,11,15,23,26H,2-4,7-10,12H2,1H3/t15-,21-/m1/s1. The van der Waals surface area contributed by atoms with Gasteiger partial charge in [-0.05, 0) is 43.9 Å². The summed E-state index contributed by atoms with van der Waals surface area (Å²) in [6.45, 7) is 2.81. The predicted octanol–water partition coefficient (Wildman–Crippen LogP) is 2.50. The van der Waals surface area contributed by atoms with Gasteiger partial charge in [-0.15, -0.1) is 0 Å². The highest BCUT2D eigenvalue weighted by atomic mass is 16.4. The fraction of sp³-hybridized carbons (Fsp3) is 0.524. The Labute approximate surface area is 157 Å². The summed E-state index contributed by atoms with van der Waals surface area (Å²) in [5.41, 5.74) is 0.275. The van der Waals surface area contributed by atoms with Crippen molar-refractivity contribution in [2.24, 2.45) is 5.92 Å². The van der Waals surface area contributed by atoms with E-state index in [9.17, 15) is 19.8 Å². The van der Waals surface area contributed by atoms with E-state index >= 15 is 0 Å². The number of aryl methyl sites for hydroxylation is 1. The Hall–Kier alpha value is -2.34. The van der Waals surface area contributed by atoms with Crippen LogP contribution < -0.4 is 5.63 Å². The summed E-state index contributed by atoms with van der Waals surface area (Å²) in [7, 11) is 0. The number of hydrogen-bond acceptors (Lipinski definition) is 5. The van der Waals surface area contributed by atoms with Crippen molar-refractivity contribution in [2.75, 3.05) is 13.1 Å². The number of aliphatic hydroxyl groups is 1. The van der Waals surface area contributed by atoms with Crippen molar-refractivity contribution in [1.82, 2.24) is 4.90 Å². The molecule has 0 unspecified atom stereocenters. The lowest BCUT2D eigenvalue weighted by Gasteiger charge is -2.47. The smallest absolute Gasteiger partial charge is 0.336 e. The van der Waals surface area contributed by atoms with E-state index in [2.05, 4.69) is 0 Å². The number of benzene rings is 1. The molecule has 0 bridgehead atoms. The fourth-order valence-corrected chi connectivity index (χ4v) is 4.63. The van der Waals surface area contributed by atoms with Gasteiger partial charge >= 0.3 is 5.63 Å². The zero-order valence-corrected chi connectivity index (χ0v) is 15.5. The fourth-order valence-electron chi connectivity index (χ4n) is 4.63. The molecule has 2 fully saturated rings. The molecule has 1 aromatic carbocycles.